The van der Waals surface area contributed by atoms with Crippen molar-refractivity contribution in [1.82, 2.24) is 15.1 Å². The number of rotatable bonds is 6. The molecular weight excluding hydrogens is 258 g/mol. The number of amides is 1. The van der Waals surface area contributed by atoms with Gasteiger partial charge in [0.25, 0.3) is 0 Å². The van der Waals surface area contributed by atoms with Crippen molar-refractivity contribution in [2.24, 2.45) is 0 Å². The smallest absolute Gasteiger partial charge is 0.339 e. The van der Waals surface area contributed by atoms with Crippen LogP contribution in [-0.4, -0.2) is 32.8 Å². The summed E-state index contributed by atoms with van der Waals surface area (Å²) in [4.78, 5) is 23.3. The number of hydrogen-bond donors (Lipinski definition) is 2. The van der Waals surface area contributed by atoms with Crippen LogP contribution in [-0.2, 0) is 4.79 Å². The van der Waals surface area contributed by atoms with Gasteiger partial charge in [-0.1, -0.05) is 13.3 Å². The molecule has 20 heavy (non-hydrogen) atoms. The molecule has 0 saturated heterocycles. The van der Waals surface area contributed by atoms with Crippen LogP contribution in [0.2, 0.25) is 0 Å². The normalized spacial score (nSPS) is 13.8. The van der Waals surface area contributed by atoms with Crippen molar-refractivity contribution in [3.8, 4) is 0 Å². The monoisotopic (exact) mass is 281 g/mol. The van der Waals surface area contributed by atoms with E-state index in [4.69, 9.17) is 5.11 Å². The molecule has 0 bridgehead atoms. The SMILES string of the molecule is CCCC(C)NC(=O)C(C)n1nc(C)c(C(=O)O)c1C. The number of carboxylic acid groups (broad SMARTS) is 1. The summed E-state index contributed by atoms with van der Waals surface area (Å²) in [5, 5.41) is 16.2. The summed E-state index contributed by atoms with van der Waals surface area (Å²) in [6.07, 6.45) is 1.91. The van der Waals surface area contributed by atoms with E-state index < -0.39 is 12.0 Å². The van der Waals surface area contributed by atoms with Crippen LogP contribution in [0.15, 0.2) is 0 Å². The number of nitrogens with one attached hydrogen (secondary N) is 1. The summed E-state index contributed by atoms with van der Waals surface area (Å²) in [5.74, 6) is -1.16. The van der Waals surface area contributed by atoms with Gasteiger partial charge in [0.05, 0.1) is 11.4 Å². The lowest BCUT2D eigenvalue weighted by Gasteiger charge is -2.18. The van der Waals surface area contributed by atoms with E-state index in [1.165, 1.54) is 4.68 Å². The highest BCUT2D eigenvalue weighted by Crippen LogP contribution is 2.17. The molecule has 2 N–H and O–H groups in total. The maximum Gasteiger partial charge on any atom is 0.339 e. The van der Waals surface area contributed by atoms with Gasteiger partial charge in [-0.15, -0.1) is 0 Å². The second-order valence-corrected chi connectivity index (χ2v) is 5.17. The van der Waals surface area contributed by atoms with Crippen molar-refractivity contribution >= 4 is 11.9 Å². The average molecular weight is 281 g/mol. The van der Waals surface area contributed by atoms with Crippen LogP contribution >= 0.6 is 0 Å². The highest BCUT2D eigenvalue weighted by atomic mass is 16.4. The second-order valence-electron chi connectivity index (χ2n) is 5.17. The summed E-state index contributed by atoms with van der Waals surface area (Å²) < 4.78 is 1.48. The highest BCUT2D eigenvalue weighted by molar-refractivity contribution is 5.90. The van der Waals surface area contributed by atoms with E-state index in [1.807, 2.05) is 6.92 Å². The number of carboxylic acids is 1. The van der Waals surface area contributed by atoms with E-state index in [2.05, 4.69) is 17.3 Å². The number of nitrogens with zero attached hydrogens (tertiary/aromatic N) is 2. The summed E-state index contributed by atoms with van der Waals surface area (Å²) >= 11 is 0. The topological polar surface area (TPSA) is 84.2 Å². The van der Waals surface area contributed by atoms with Crippen LogP contribution in [0.3, 0.4) is 0 Å². The van der Waals surface area contributed by atoms with Gasteiger partial charge in [0, 0.05) is 6.04 Å². The Morgan fingerprint density at radius 2 is 1.95 bits per heavy atom. The Balaban J connectivity index is 2.92. The maximum atomic E-state index is 12.2. The van der Waals surface area contributed by atoms with Gasteiger partial charge in [-0.3, -0.25) is 9.48 Å². The minimum atomic E-state index is -1.02. The molecule has 0 aliphatic heterocycles. The lowest BCUT2D eigenvalue weighted by atomic mass is 10.1. The Hall–Kier alpha value is -1.85. The van der Waals surface area contributed by atoms with Crippen molar-refractivity contribution < 1.29 is 14.7 Å². The summed E-state index contributed by atoms with van der Waals surface area (Å²) in [6, 6.07) is -0.424. The fourth-order valence-corrected chi connectivity index (χ4v) is 2.33. The van der Waals surface area contributed by atoms with E-state index in [0.29, 0.717) is 11.4 Å². The molecule has 1 aromatic heterocycles. The van der Waals surface area contributed by atoms with Gasteiger partial charge in [-0.05, 0) is 34.1 Å². The minimum Gasteiger partial charge on any atom is -0.478 e. The predicted octanol–water partition coefficient (Wildman–Crippen LogP) is 2.06. The van der Waals surface area contributed by atoms with Gasteiger partial charge in [0.2, 0.25) is 5.91 Å². The Kier molecular flexibility index (Phi) is 5.30. The van der Waals surface area contributed by atoms with Gasteiger partial charge >= 0.3 is 5.97 Å². The third-order valence-electron chi connectivity index (χ3n) is 3.40. The number of aromatic carboxylic acids is 1. The number of carbonyl (C=O) groups is 2. The second kappa shape index (κ2) is 6.54. The first-order chi connectivity index (χ1) is 9.29. The van der Waals surface area contributed by atoms with Gasteiger partial charge in [-0.25, -0.2) is 4.79 Å². The Bertz CT molecular complexity index is 508. The Morgan fingerprint density at radius 1 is 1.35 bits per heavy atom. The quantitative estimate of drug-likeness (QED) is 0.836. The molecule has 0 spiro atoms. The van der Waals surface area contributed by atoms with Crippen LogP contribution in [0.4, 0.5) is 0 Å². The molecule has 0 aliphatic rings. The van der Waals surface area contributed by atoms with Gasteiger partial charge in [0.15, 0.2) is 0 Å². The van der Waals surface area contributed by atoms with E-state index >= 15 is 0 Å². The van der Waals surface area contributed by atoms with Crippen LogP contribution in [0.25, 0.3) is 0 Å². The first-order valence-corrected chi connectivity index (χ1v) is 6.88. The lowest BCUT2D eigenvalue weighted by Crippen LogP contribution is -2.37. The van der Waals surface area contributed by atoms with Crippen LogP contribution in [0, 0.1) is 13.8 Å². The molecule has 1 rings (SSSR count). The first-order valence-electron chi connectivity index (χ1n) is 6.88. The average Bonchev–Trinajstić information content (AvgIpc) is 2.63. The maximum absolute atomic E-state index is 12.2. The standard InChI is InChI=1S/C14H23N3O3/c1-6-7-8(2)15-13(18)11(5)17-10(4)12(14(19)20)9(3)16-17/h8,11H,6-7H2,1-5H3,(H,15,18)(H,19,20). The summed E-state index contributed by atoms with van der Waals surface area (Å²) in [6.45, 7) is 9.04. The molecule has 0 fully saturated rings. The zero-order valence-electron chi connectivity index (χ0n) is 12.7. The molecule has 6 nitrogen and oxygen atoms in total. The van der Waals surface area contributed by atoms with Gasteiger partial charge in [-0.2, -0.15) is 5.10 Å². The van der Waals surface area contributed by atoms with Crippen LogP contribution in [0.5, 0.6) is 0 Å². The molecule has 1 aromatic rings. The molecule has 1 heterocycles. The Morgan fingerprint density at radius 3 is 2.40 bits per heavy atom. The third kappa shape index (κ3) is 3.37. The molecular formula is C14H23N3O3. The number of hydrogen-bond acceptors (Lipinski definition) is 3. The molecule has 0 saturated carbocycles. The minimum absolute atomic E-state index is 0.103. The third-order valence-corrected chi connectivity index (χ3v) is 3.40. The van der Waals surface area contributed by atoms with Crippen molar-refractivity contribution in [1.29, 1.82) is 0 Å². The summed E-state index contributed by atoms with van der Waals surface area (Å²) in [5.41, 5.74) is 1.10. The molecule has 0 radical (unpaired) electrons. The number of aryl methyl sites for hydroxylation is 1. The first kappa shape index (κ1) is 16.2. The van der Waals surface area contributed by atoms with Crippen molar-refractivity contribution in [3.05, 3.63) is 17.0 Å². The predicted molar refractivity (Wildman–Crippen MR) is 75.9 cm³/mol. The molecule has 0 aliphatic carbocycles. The van der Waals surface area contributed by atoms with Crippen molar-refractivity contribution in [3.63, 3.8) is 0 Å². The largest absolute Gasteiger partial charge is 0.478 e. The summed E-state index contributed by atoms with van der Waals surface area (Å²) in [7, 11) is 0. The van der Waals surface area contributed by atoms with E-state index in [9.17, 15) is 9.59 Å². The zero-order chi connectivity index (χ0) is 15.4. The number of carbonyl (C=O) groups excluding carboxylic acids is 1. The van der Waals surface area contributed by atoms with Crippen molar-refractivity contribution in [2.75, 3.05) is 0 Å². The highest BCUT2D eigenvalue weighted by Gasteiger charge is 2.24. The molecule has 6 heteroatoms. The molecule has 112 valence electrons. The van der Waals surface area contributed by atoms with E-state index in [1.54, 1.807) is 20.8 Å². The Labute approximate surface area is 119 Å². The van der Waals surface area contributed by atoms with E-state index in [-0.39, 0.29) is 17.5 Å². The number of aromatic nitrogens is 2. The van der Waals surface area contributed by atoms with Gasteiger partial charge in [0.1, 0.15) is 11.6 Å². The zero-order valence-corrected chi connectivity index (χ0v) is 12.7. The fourth-order valence-electron chi connectivity index (χ4n) is 2.33. The lowest BCUT2D eigenvalue weighted by molar-refractivity contribution is -0.124. The molecule has 2 atom stereocenters. The van der Waals surface area contributed by atoms with Crippen LogP contribution < -0.4 is 5.32 Å². The van der Waals surface area contributed by atoms with Crippen LogP contribution in [0.1, 0.15) is 61.4 Å². The molecule has 0 aromatic carbocycles. The molecule has 2 unspecified atom stereocenters. The van der Waals surface area contributed by atoms with Crippen molar-refractivity contribution in [2.45, 2.75) is 59.5 Å². The van der Waals surface area contributed by atoms with Gasteiger partial charge < -0.3 is 10.4 Å². The molecule has 1 amide bonds. The van der Waals surface area contributed by atoms with E-state index in [0.717, 1.165) is 12.8 Å². The fraction of sp³-hybridized carbons (Fsp3) is 0.643.